The van der Waals surface area contributed by atoms with E-state index in [2.05, 4.69) is 36.1 Å². The van der Waals surface area contributed by atoms with E-state index in [4.69, 9.17) is 5.73 Å². The van der Waals surface area contributed by atoms with Crippen molar-refractivity contribution < 1.29 is 4.79 Å². The van der Waals surface area contributed by atoms with Crippen LogP contribution in [0, 0.1) is 18.3 Å². The third-order valence-electron chi connectivity index (χ3n) is 7.24. The first kappa shape index (κ1) is 16.1. The second-order valence-electron chi connectivity index (χ2n) is 8.38. The van der Waals surface area contributed by atoms with Crippen LogP contribution in [-0.4, -0.2) is 30.4 Å². The van der Waals surface area contributed by atoms with Gasteiger partial charge in [0.25, 0.3) is 0 Å². The number of nitrogens with zero attached hydrogens (tertiary/aromatic N) is 1. The van der Waals surface area contributed by atoms with Gasteiger partial charge in [-0.25, -0.2) is 0 Å². The Morgan fingerprint density at radius 1 is 1.17 bits per heavy atom. The first-order valence-corrected chi connectivity index (χ1v) is 9.67. The summed E-state index contributed by atoms with van der Waals surface area (Å²) in [5.74, 6) is 1.06. The SMILES string of the molecule is Cc1ccccc1C1(C(=O)N2CCC3(CCCC3CN)CC2)CC1. The standard InChI is InChI=1S/C21H30N2O/c1-16-5-2-3-7-18(16)21(9-10-21)19(24)23-13-11-20(12-14-23)8-4-6-17(20)15-22/h2-3,5,7,17H,4,6,8-15,22H2,1H3. The zero-order chi connectivity index (χ0) is 16.8. The van der Waals surface area contributed by atoms with Gasteiger partial charge in [0.2, 0.25) is 5.91 Å². The Balaban J connectivity index is 1.48. The van der Waals surface area contributed by atoms with Crippen LogP contribution in [0.3, 0.4) is 0 Å². The average Bonchev–Trinajstić information content (AvgIpc) is 3.32. The lowest BCUT2D eigenvalue weighted by molar-refractivity contribution is -0.136. The van der Waals surface area contributed by atoms with Crippen LogP contribution in [0.25, 0.3) is 0 Å². The molecule has 2 aliphatic carbocycles. The fourth-order valence-electron chi connectivity index (χ4n) is 5.53. The number of aryl methyl sites for hydroxylation is 1. The number of benzene rings is 1. The number of nitrogens with two attached hydrogens (primary N) is 1. The molecule has 2 N–H and O–H groups in total. The van der Waals surface area contributed by atoms with Gasteiger partial charge in [0.05, 0.1) is 5.41 Å². The predicted molar refractivity (Wildman–Crippen MR) is 96.7 cm³/mol. The van der Waals surface area contributed by atoms with Crippen LogP contribution in [0.2, 0.25) is 0 Å². The topological polar surface area (TPSA) is 46.3 Å². The summed E-state index contributed by atoms with van der Waals surface area (Å²) in [4.78, 5) is 15.5. The van der Waals surface area contributed by atoms with Crippen LogP contribution in [0.4, 0.5) is 0 Å². The maximum atomic E-state index is 13.3. The van der Waals surface area contributed by atoms with Crippen LogP contribution < -0.4 is 5.73 Å². The van der Waals surface area contributed by atoms with Crippen LogP contribution in [0.1, 0.15) is 56.1 Å². The predicted octanol–water partition coefficient (Wildman–Crippen LogP) is 3.39. The third-order valence-corrected chi connectivity index (χ3v) is 7.24. The number of hydrogen-bond acceptors (Lipinski definition) is 2. The van der Waals surface area contributed by atoms with E-state index in [1.54, 1.807) is 0 Å². The van der Waals surface area contributed by atoms with Crippen molar-refractivity contribution in [3.8, 4) is 0 Å². The molecular weight excluding hydrogens is 296 g/mol. The van der Waals surface area contributed by atoms with Crippen LogP contribution in [0.5, 0.6) is 0 Å². The summed E-state index contributed by atoms with van der Waals surface area (Å²) in [5, 5.41) is 0. The Kier molecular flexibility index (Phi) is 3.95. The van der Waals surface area contributed by atoms with E-state index in [9.17, 15) is 4.79 Å². The van der Waals surface area contributed by atoms with Gasteiger partial charge in [-0.1, -0.05) is 30.7 Å². The number of hydrogen-bond donors (Lipinski definition) is 1. The second kappa shape index (κ2) is 5.87. The lowest BCUT2D eigenvalue weighted by Crippen LogP contribution is -2.48. The maximum Gasteiger partial charge on any atom is 0.233 e. The Morgan fingerprint density at radius 2 is 1.88 bits per heavy atom. The van der Waals surface area contributed by atoms with Gasteiger partial charge in [-0.3, -0.25) is 4.79 Å². The number of piperidine rings is 1. The summed E-state index contributed by atoms with van der Waals surface area (Å²) in [6.45, 7) is 4.82. The molecule has 0 aromatic heterocycles. The molecule has 24 heavy (non-hydrogen) atoms. The molecule has 3 fully saturated rings. The van der Waals surface area contributed by atoms with E-state index < -0.39 is 0 Å². The monoisotopic (exact) mass is 326 g/mol. The smallest absolute Gasteiger partial charge is 0.233 e. The Bertz CT molecular complexity index is 626. The average molecular weight is 326 g/mol. The van der Waals surface area contributed by atoms with Crippen molar-refractivity contribution in [2.45, 2.75) is 57.3 Å². The Morgan fingerprint density at radius 3 is 2.50 bits per heavy atom. The van der Waals surface area contributed by atoms with Crippen LogP contribution >= 0.6 is 0 Å². The van der Waals surface area contributed by atoms with Gasteiger partial charge in [0, 0.05) is 13.1 Å². The van der Waals surface area contributed by atoms with Crippen molar-refractivity contribution in [3.05, 3.63) is 35.4 Å². The highest BCUT2D eigenvalue weighted by atomic mass is 16.2. The number of likely N-dealkylation sites (tertiary alicyclic amines) is 1. The van der Waals surface area contributed by atoms with Crippen molar-refractivity contribution >= 4 is 5.91 Å². The van der Waals surface area contributed by atoms with Gasteiger partial charge >= 0.3 is 0 Å². The molecule has 1 saturated heterocycles. The zero-order valence-corrected chi connectivity index (χ0v) is 14.9. The number of carbonyl (C=O) groups is 1. The summed E-state index contributed by atoms with van der Waals surface area (Å²) < 4.78 is 0. The van der Waals surface area contributed by atoms with Gasteiger partial charge in [-0.15, -0.1) is 0 Å². The fraction of sp³-hybridized carbons (Fsp3) is 0.667. The molecule has 4 rings (SSSR count). The van der Waals surface area contributed by atoms with E-state index in [-0.39, 0.29) is 5.41 Å². The lowest BCUT2D eigenvalue weighted by atomic mass is 9.70. The molecule has 1 aromatic rings. The molecule has 0 bridgehead atoms. The van der Waals surface area contributed by atoms with E-state index in [0.29, 0.717) is 17.2 Å². The largest absolute Gasteiger partial charge is 0.342 e. The van der Waals surface area contributed by atoms with Gasteiger partial charge < -0.3 is 10.6 Å². The van der Waals surface area contributed by atoms with Gasteiger partial charge in [0.15, 0.2) is 0 Å². The van der Waals surface area contributed by atoms with Crippen molar-refractivity contribution in [3.63, 3.8) is 0 Å². The molecule has 3 nitrogen and oxygen atoms in total. The highest BCUT2D eigenvalue weighted by molar-refractivity contribution is 5.91. The number of carbonyl (C=O) groups excluding carboxylic acids is 1. The fourth-order valence-corrected chi connectivity index (χ4v) is 5.53. The molecule has 1 unspecified atom stereocenters. The Hall–Kier alpha value is -1.35. The molecule has 1 aliphatic heterocycles. The highest BCUT2D eigenvalue weighted by Gasteiger charge is 2.55. The molecule has 2 saturated carbocycles. The third kappa shape index (κ3) is 2.40. The molecule has 1 amide bonds. The van der Waals surface area contributed by atoms with E-state index >= 15 is 0 Å². The molecule has 130 valence electrons. The molecule has 3 heteroatoms. The van der Waals surface area contributed by atoms with Crippen LogP contribution in [0.15, 0.2) is 24.3 Å². The lowest BCUT2D eigenvalue weighted by Gasteiger charge is -2.44. The van der Waals surface area contributed by atoms with Gasteiger partial charge in [0.1, 0.15) is 0 Å². The normalized spacial score (nSPS) is 27.4. The summed E-state index contributed by atoms with van der Waals surface area (Å²) in [7, 11) is 0. The summed E-state index contributed by atoms with van der Waals surface area (Å²) >= 11 is 0. The summed E-state index contributed by atoms with van der Waals surface area (Å²) in [6.07, 6.45) is 8.28. The van der Waals surface area contributed by atoms with E-state index in [1.807, 2.05) is 0 Å². The number of amides is 1. The molecule has 0 radical (unpaired) electrons. The van der Waals surface area contributed by atoms with Gasteiger partial charge in [-0.05, 0) is 74.5 Å². The van der Waals surface area contributed by atoms with Crippen LogP contribution in [-0.2, 0) is 10.2 Å². The zero-order valence-electron chi connectivity index (χ0n) is 14.9. The molecular formula is C21H30N2O. The minimum absolute atomic E-state index is 0.210. The quantitative estimate of drug-likeness (QED) is 0.925. The van der Waals surface area contributed by atoms with Gasteiger partial charge in [-0.2, -0.15) is 0 Å². The molecule has 1 atom stereocenters. The van der Waals surface area contributed by atoms with Crippen molar-refractivity contribution in [1.29, 1.82) is 0 Å². The minimum atomic E-state index is -0.210. The molecule has 3 aliphatic rings. The Labute approximate surface area is 145 Å². The number of rotatable bonds is 3. The van der Waals surface area contributed by atoms with E-state index in [1.165, 1.54) is 30.4 Å². The second-order valence-corrected chi connectivity index (χ2v) is 8.38. The maximum absolute atomic E-state index is 13.3. The van der Waals surface area contributed by atoms with Crippen molar-refractivity contribution in [2.75, 3.05) is 19.6 Å². The van der Waals surface area contributed by atoms with Crippen molar-refractivity contribution in [2.24, 2.45) is 17.1 Å². The highest BCUT2D eigenvalue weighted by Crippen LogP contribution is 2.53. The first-order valence-electron chi connectivity index (χ1n) is 9.67. The molecule has 1 aromatic carbocycles. The van der Waals surface area contributed by atoms with E-state index in [0.717, 1.165) is 45.3 Å². The van der Waals surface area contributed by atoms with Crippen molar-refractivity contribution in [1.82, 2.24) is 4.90 Å². The minimum Gasteiger partial charge on any atom is -0.342 e. The first-order chi connectivity index (χ1) is 11.6. The molecule has 1 spiro atoms. The summed E-state index contributed by atoms with van der Waals surface area (Å²) in [6, 6.07) is 8.44. The summed E-state index contributed by atoms with van der Waals surface area (Å²) in [5.41, 5.74) is 8.77. The molecule has 1 heterocycles.